The lowest BCUT2D eigenvalue weighted by Crippen LogP contribution is -2.43. The number of nitrogens with one attached hydrogen (secondary N) is 1. The molecule has 0 bridgehead atoms. The van der Waals surface area contributed by atoms with E-state index in [9.17, 15) is 9.59 Å². The van der Waals surface area contributed by atoms with Crippen molar-refractivity contribution in [3.63, 3.8) is 0 Å². The van der Waals surface area contributed by atoms with Crippen LogP contribution in [0, 0.1) is 0 Å². The van der Waals surface area contributed by atoms with E-state index in [0.29, 0.717) is 39.3 Å². The van der Waals surface area contributed by atoms with E-state index in [1.807, 2.05) is 14.8 Å². The Hall–Kier alpha value is -1.22. The largest absolute Gasteiger partial charge is 0.480 e. The second-order valence-electron chi connectivity index (χ2n) is 4.55. The van der Waals surface area contributed by atoms with Crippen LogP contribution < -0.4 is 5.43 Å². The summed E-state index contributed by atoms with van der Waals surface area (Å²) in [6.07, 6.45) is 0. The van der Waals surface area contributed by atoms with Crippen LogP contribution in [0.3, 0.4) is 0 Å². The van der Waals surface area contributed by atoms with Gasteiger partial charge in [0.1, 0.15) is 0 Å². The Labute approximate surface area is 112 Å². The second kappa shape index (κ2) is 8.05. The fourth-order valence-electron chi connectivity index (χ4n) is 2.06. The van der Waals surface area contributed by atoms with E-state index in [1.54, 1.807) is 7.05 Å². The molecule has 0 aromatic rings. The topological polar surface area (TPSA) is 96.4 Å². The molecule has 8 nitrogen and oxygen atoms in total. The number of hydrogen-bond donors (Lipinski definition) is 3. The van der Waals surface area contributed by atoms with Gasteiger partial charge in [-0.3, -0.25) is 24.8 Å². The normalized spacial score (nSPS) is 20.5. The van der Waals surface area contributed by atoms with Crippen molar-refractivity contribution in [3.8, 4) is 0 Å². The Bertz CT molecular complexity index is 285. The number of rotatable bonds is 5. The molecule has 19 heavy (non-hydrogen) atoms. The third kappa shape index (κ3) is 6.48. The van der Waals surface area contributed by atoms with Gasteiger partial charge in [-0.2, -0.15) is 0 Å². The predicted molar refractivity (Wildman–Crippen MR) is 68.8 cm³/mol. The van der Waals surface area contributed by atoms with Gasteiger partial charge >= 0.3 is 11.9 Å². The Morgan fingerprint density at radius 2 is 1.26 bits per heavy atom. The number of hydrogen-bond acceptors (Lipinski definition) is 6. The van der Waals surface area contributed by atoms with Crippen LogP contribution in [0.2, 0.25) is 0 Å². The molecule has 0 aromatic carbocycles. The summed E-state index contributed by atoms with van der Waals surface area (Å²) in [5, 5.41) is 19.7. The molecule has 0 spiro atoms. The van der Waals surface area contributed by atoms with Crippen molar-refractivity contribution in [1.82, 2.24) is 20.2 Å². The first-order valence-electron chi connectivity index (χ1n) is 6.32. The first-order valence-corrected chi connectivity index (χ1v) is 6.32. The summed E-state index contributed by atoms with van der Waals surface area (Å²) in [6.45, 7) is 3.82. The zero-order chi connectivity index (χ0) is 14.3. The maximum absolute atomic E-state index is 10.8. The van der Waals surface area contributed by atoms with Crippen molar-refractivity contribution in [2.45, 2.75) is 0 Å². The predicted octanol–water partition coefficient (Wildman–Crippen LogP) is -1.79. The molecule has 0 saturated carbocycles. The summed E-state index contributed by atoms with van der Waals surface area (Å²) in [5.74, 6) is -1.72. The van der Waals surface area contributed by atoms with Crippen LogP contribution in [-0.2, 0) is 9.59 Å². The number of aliphatic carboxylic acids is 2. The summed E-state index contributed by atoms with van der Waals surface area (Å²) < 4.78 is 0. The first-order chi connectivity index (χ1) is 9.01. The fourth-order valence-corrected chi connectivity index (χ4v) is 2.06. The molecule has 1 heterocycles. The van der Waals surface area contributed by atoms with E-state index >= 15 is 0 Å². The molecule has 8 heteroatoms. The highest BCUT2D eigenvalue weighted by atomic mass is 16.4. The van der Waals surface area contributed by atoms with Gasteiger partial charge in [0.05, 0.1) is 13.1 Å². The molecule has 0 unspecified atom stereocenters. The number of carboxylic acid groups (broad SMARTS) is 2. The minimum atomic E-state index is -0.861. The van der Waals surface area contributed by atoms with Gasteiger partial charge in [0.25, 0.3) is 0 Å². The summed E-state index contributed by atoms with van der Waals surface area (Å²) in [6, 6.07) is 0. The molecular formula is C11H22N4O4. The highest BCUT2D eigenvalue weighted by Crippen LogP contribution is 1.99. The van der Waals surface area contributed by atoms with Crippen LogP contribution in [0.25, 0.3) is 0 Å². The molecule has 0 amide bonds. The fraction of sp³-hybridized carbons (Fsp3) is 0.818. The van der Waals surface area contributed by atoms with E-state index in [2.05, 4.69) is 5.43 Å². The van der Waals surface area contributed by atoms with Gasteiger partial charge in [0, 0.05) is 39.3 Å². The van der Waals surface area contributed by atoms with Crippen molar-refractivity contribution < 1.29 is 19.8 Å². The van der Waals surface area contributed by atoms with E-state index in [-0.39, 0.29) is 13.1 Å². The molecule has 1 aliphatic heterocycles. The Morgan fingerprint density at radius 3 is 1.58 bits per heavy atom. The monoisotopic (exact) mass is 274 g/mol. The first kappa shape index (κ1) is 15.8. The minimum absolute atomic E-state index is 0.0154. The van der Waals surface area contributed by atoms with Crippen molar-refractivity contribution >= 4 is 11.9 Å². The molecule has 1 saturated heterocycles. The third-order valence-corrected chi connectivity index (χ3v) is 3.14. The van der Waals surface area contributed by atoms with E-state index < -0.39 is 11.9 Å². The van der Waals surface area contributed by atoms with Gasteiger partial charge in [-0.25, -0.2) is 5.01 Å². The smallest absolute Gasteiger partial charge is 0.317 e. The summed E-state index contributed by atoms with van der Waals surface area (Å²) in [7, 11) is 1.81. The maximum Gasteiger partial charge on any atom is 0.317 e. The molecule has 0 aromatic heterocycles. The van der Waals surface area contributed by atoms with Gasteiger partial charge < -0.3 is 10.2 Å². The van der Waals surface area contributed by atoms with Crippen LogP contribution in [0.5, 0.6) is 0 Å². The highest BCUT2D eigenvalue weighted by Gasteiger charge is 2.18. The van der Waals surface area contributed by atoms with Crippen LogP contribution in [0.1, 0.15) is 0 Å². The van der Waals surface area contributed by atoms with Crippen molar-refractivity contribution in [2.75, 3.05) is 59.4 Å². The van der Waals surface area contributed by atoms with Gasteiger partial charge in [-0.15, -0.1) is 0 Å². The van der Waals surface area contributed by atoms with E-state index in [1.165, 1.54) is 0 Å². The zero-order valence-electron chi connectivity index (χ0n) is 11.2. The number of hydrazine groups is 1. The zero-order valence-corrected chi connectivity index (χ0v) is 11.2. The Balaban J connectivity index is 2.60. The third-order valence-electron chi connectivity index (χ3n) is 3.14. The summed E-state index contributed by atoms with van der Waals surface area (Å²) in [5.41, 5.74) is 3.03. The quantitative estimate of drug-likeness (QED) is 0.541. The van der Waals surface area contributed by atoms with Crippen LogP contribution in [-0.4, -0.2) is 96.4 Å². The summed E-state index contributed by atoms with van der Waals surface area (Å²) >= 11 is 0. The van der Waals surface area contributed by atoms with Crippen LogP contribution in [0.15, 0.2) is 0 Å². The average Bonchev–Trinajstić information content (AvgIpc) is 2.41. The van der Waals surface area contributed by atoms with Crippen molar-refractivity contribution in [3.05, 3.63) is 0 Å². The van der Waals surface area contributed by atoms with E-state index in [4.69, 9.17) is 10.2 Å². The minimum Gasteiger partial charge on any atom is -0.480 e. The molecule has 3 N–H and O–H groups in total. The van der Waals surface area contributed by atoms with Crippen molar-refractivity contribution in [1.29, 1.82) is 0 Å². The second-order valence-corrected chi connectivity index (χ2v) is 4.55. The standard InChI is InChI=1S/C11H22N4O4/c1-12-15-6-4-13(8-10(16)17)2-3-14(5-7-15)9-11(18)19/h12H,2-9H2,1H3,(H,16,17)(H,18,19). The molecule has 1 rings (SSSR count). The molecule has 0 aliphatic carbocycles. The lowest BCUT2D eigenvalue weighted by atomic mass is 10.4. The van der Waals surface area contributed by atoms with Crippen molar-refractivity contribution in [2.24, 2.45) is 0 Å². The summed E-state index contributed by atoms with van der Waals surface area (Å²) in [4.78, 5) is 25.2. The van der Waals surface area contributed by atoms with Gasteiger partial charge in [0.15, 0.2) is 0 Å². The molecule has 1 fully saturated rings. The highest BCUT2D eigenvalue weighted by molar-refractivity contribution is 5.69. The van der Waals surface area contributed by atoms with Gasteiger partial charge in [-0.05, 0) is 7.05 Å². The molecule has 0 atom stereocenters. The van der Waals surface area contributed by atoms with E-state index in [0.717, 1.165) is 0 Å². The number of carbonyl (C=O) groups is 2. The SMILES string of the molecule is CNN1CCN(CC(=O)O)CCN(CC(=O)O)CC1. The van der Waals surface area contributed by atoms with Gasteiger partial charge in [-0.1, -0.05) is 0 Å². The van der Waals surface area contributed by atoms with Crippen LogP contribution >= 0.6 is 0 Å². The number of nitrogens with zero attached hydrogens (tertiary/aromatic N) is 3. The van der Waals surface area contributed by atoms with Crippen LogP contribution in [0.4, 0.5) is 0 Å². The maximum atomic E-state index is 10.8. The Kier molecular flexibility index (Phi) is 6.71. The molecular weight excluding hydrogens is 252 g/mol. The number of carboxylic acids is 2. The molecule has 0 radical (unpaired) electrons. The lowest BCUT2D eigenvalue weighted by Gasteiger charge is -2.23. The molecule has 110 valence electrons. The van der Waals surface area contributed by atoms with Gasteiger partial charge in [0.2, 0.25) is 0 Å². The molecule has 1 aliphatic rings. The lowest BCUT2D eigenvalue weighted by molar-refractivity contribution is -0.140. The average molecular weight is 274 g/mol. The Morgan fingerprint density at radius 1 is 0.895 bits per heavy atom.